The molecule has 4 nitrogen and oxygen atoms in total. The standard InChI is InChI=1S/C8H13ClN4S/c9-8-12-11-7(14-8)5-13-2-1-6(3-10)4-13/h6H,1-5,10H2. The number of hydrogen-bond acceptors (Lipinski definition) is 5. The van der Waals surface area contributed by atoms with Crippen molar-refractivity contribution >= 4 is 22.9 Å². The van der Waals surface area contributed by atoms with E-state index < -0.39 is 0 Å². The molecule has 1 aliphatic rings. The maximum Gasteiger partial charge on any atom is 0.207 e. The molecule has 14 heavy (non-hydrogen) atoms. The summed E-state index contributed by atoms with van der Waals surface area (Å²) in [6, 6.07) is 0. The van der Waals surface area contributed by atoms with Gasteiger partial charge in [0.1, 0.15) is 5.01 Å². The Morgan fingerprint density at radius 3 is 3.00 bits per heavy atom. The lowest BCUT2D eigenvalue weighted by atomic mass is 10.1. The highest BCUT2D eigenvalue weighted by Crippen LogP contribution is 2.20. The molecule has 1 fully saturated rings. The minimum Gasteiger partial charge on any atom is -0.330 e. The van der Waals surface area contributed by atoms with Crippen molar-refractivity contribution in [2.24, 2.45) is 11.7 Å². The summed E-state index contributed by atoms with van der Waals surface area (Å²) < 4.78 is 0.523. The average molecular weight is 233 g/mol. The first kappa shape index (κ1) is 10.3. The summed E-state index contributed by atoms with van der Waals surface area (Å²) in [6.07, 6.45) is 1.20. The molecule has 0 saturated carbocycles. The summed E-state index contributed by atoms with van der Waals surface area (Å²) in [6.45, 7) is 3.83. The predicted molar refractivity (Wildman–Crippen MR) is 57.4 cm³/mol. The second kappa shape index (κ2) is 4.53. The van der Waals surface area contributed by atoms with Gasteiger partial charge in [-0.05, 0) is 37.0 Å². The number of halogens is 1. The molecule has 1 atom stereocenters. The molecular formula is C8H13ClN4S. The van der Waals surface area contributed by atoms with Crippen molar-refractivity contribution in [1.82, 2.24) is 15.1 Å². The van der Waals surface area contributed by atoms with Gasteiger partial charge in [-0.15, -0.1) is 10.2 Å². The van der Waals surface area contributed by atoms with Crippen LogP contribution in [0.25, 0.3) is 0 Å². The number of aromatic nitrogens is 2. The molecule has 0 radical (unpaired) electrons. The van der Waals surface area contributed by atoms with E-state index in [2.05, 4.69) is 15.1 Å². The summed E-state index contributed by atoms with van der Waals surface area (Å²) in [7, 11) is 0. The van der Waals surface area contributed by atoms with Crippen molar-refractivity contribution < 1.29 is 0 Å². The van der Waals surface area contributed by atoms with E-state index in [1.807, 2.05) is 0 Å². The Kier molecular flexibility index (Phi) is 3.33. The highest BCUT2D eigenvalue weighted by atomic mass is 35.5. The molecule has 0 bridgehead atoms. The monoisotopic (exact) mass is 232 g/mol. The molecule has 1 unspecified atom stereocenters. The van der Waals surface area contributed by atoms with Crippen LogP contribution in [0.2, 0.25) is 4.47 Å². The minimum absolute atomic E-state index is 0.523. The van der Waals surface area contributed by atoms with Crippen LogP contribution < -0.4 is 5.73 Å². The highest BCUT2D eigenvalue weighted by molar-refractivity contribution is 7.15. The number of likely N-dealkylation sites (tertiary alicyclic amines) is 1. The topological polar surface area (TPSA) is 55.0 Å². The fourth-order valence-electron chi connectivity index (χ4n) is 1.74. The molecule has 2 heterocycles. The second-order valence-corrected chi connectivity index (χ2v) is 5.22. The summed E-state index contributed by atoms with van der Waals surface area (Å²) in [4.78, 5) is 2.36. The average Bonchev–Trinajstić information content (AvgIpc) is 2.76. The fraction of sp³-hybridized carbons (Fsp3) is 0.750. The quantitative estimate of drug-likeness (QED) is 0.844. The highest BCUT2D eigenvalue weighted by Gasteiger charge is 2.21. The third kappa shape index (κ3) is 2.42. The zero-order chi connectivity index (χ0) is 9.97. The molecule has 2 N–H and O–H groups in total. The van der Waals surface area contributed by atoms with Gasteiger partial charge >= 0.3 is 0 Å². The largest absolute Gasteiger partial charge is 0.330 e. The Balaban J connectivity index is 1.87. The van der Waals surface area contributed by atoms with Crippen LogP contribution in [-0.4, -0.2) is 34.7 Å². The number of nitrogens with zero attached hydrogens (tertiary/aromatic N) is 3. The van der Waals surface area contributed by atoms with E-state index in [4.69, 9.17) is 17.3 Å². The zero-order valence-electron chi connectivity index (χ0n) is 7.82. The fourth-order valence-corrected chi connectivity index (χ4v) is 2.65. The Morgan fingerprint density at radius 1 is 1.57 bits per heavy atom. The third-order valence-corrected chi connectivity index (χ3v) is 3.51. The van der Waals surface area contributed by atoms with E-state index in [-0.39, 0.29) is 0 Å². The molecule has 2 rings (SSSR count). The van der Waals surface area contributed by atoms with Crippen LogP contribution in [0.4, 0.5) is 0 Å². The van der Waals surface area contributed by atoms with E-state index in [9.17, 15) is 0 Å². The molecule has 1 aromatic rings. The van der Waals surface area contributed by atoms with Crippen LogP contribution in [0, 0.1) is 5.92 Å². The van der Waals surface area contributed by atoms with Crippen LogP contribution in [-0.2, 0) is 6.54 Å². The van der Waals surface area contributed by atoms with Gasteiger partial charge < -0.3 is 5.73 Å². The van der Waals surface area contributed by atoms with E-state index in [1.54, 1.807) is 0 Å². The van der Waals surface area contributed by atoms with E-state index in [0.29, 0.717) is 10.4 Å². The molecule has 0 amide bonds. The molecule has 1 saturated heterocycles. The number of nitrogens with two attached hydrogens (primary N) is 1. The van der Waals surface area contributed by atoms with Crippen LogP contribution in [0.3, 0.4) is 0 Å². The van der Waals surface area contributed by atoms with Crippen molar-refractivity contribution in [3.8, 4) is 0 Å². The lowest BCUT2D eigenvalue weighted by Crippen LogP contribution is -2.22. The first-order valence-electron chi connectivity index (χ1n) is 4.68. The van der Waals surface area contributed by atoms with Crippen LogP contribution in [0.1, 0.15) is 11.4 Å². The van der Waals surface area contributed by atoms with Gasteiger partial charge in [0.15, 0.2) is 0 Å². The first-order valence-corrected chi connectivity index (χ1v) is 5.87. The maximum atomic E-state index is 5.71. The molecular weight excluding hydrogens is 220 g/mol. The van der Waals surface area contributed by atoms with Gasteiger partial charge in [-0.3, -0.25) is 4.90 Å². The SMILES string of the molecule is NCC1CCN(Cc2nnc(Cl)s2)C1. The summed E-state index contributed by atoms with van der Waals surface area (Å²) in [5.41, 5.74) is 5.62. The minimum atomic E-state index is 0.523. The Hall–Kier alpha value is -0.230. The van der Waals surface area contributed by atoms with Crippen molar-refractivity contribution in [3.05, 3.63) is 9.47 Å². The molecule has 0 aromatic carbocycles. The van der Waals surface area contributed by atoms with Gasteiger partial charge in [0, 0.05) is 6.54 Å². The van der Waals surface area contributed by atoms with Crippen molar-refractivity contribution in [2.75, 3.05) is 19.6 Å². The summed E-state index contributed by atoms with van der Waals surface area (Å²) >= 11 is 7.16. The van der Waals surface area contributed by atoms with Gasteiger partial charge in [0.25, 0.3) is 0 Å². The van der Waals surface area contributed by atoms with Gasteiger partial charge in [0.2, 0.25) is 4.47 Å². The van der Waals surface area contributed by atoms with E-state index in [1.165, 1.54) is 17.8 Å². The number of hydrogen-bond donors (Lipinski definition) is 1. The molecule has 0 spiro atoms. The Bertz CT molecular complexity index is 303. The van der Waals surface area contributed by atoms with E-state index in [0.717, 1.165) is 31.2 Å². The van der Waals surface area contributed by atoms with Gasteiger partial charge in [-0.2, -0.15) is 0 Å². The van der Waals surface area contributed by atoms with E-state index >= 15 is 0 Å². The lowest BCUT2D eigenvalue weighted by Gasteiger charge is -2.12. The predicted octanol–water partition coefficient (Wildman–Crippen LogP) is 0.972. The van der Waals surface area contributed by atoms with Gasteiger partial charge in [-0.25, -0.2) is 0 Å². The molecule has 1 aromatic heterocycles. The molecule has 1 aliphatic heterocycles. The maximum absolute atomic E-state index is 5.71. The Labute approximate surface area is 92.1 Å². The molecule has 6 heteroatoms. The van der Waals surface area contributed by atoms with Crippen LogP contribution in [0.15, 0.2) is 0 Å². The smallest absolute Gasteiger partial charge is 0.207 e. The summed E-state index contributed by atoms with van der Waals surface area (Å²) in [5.74, 6) is 0.651. The van der Waals surface area contributed by atoms with Gasteiger partial charge in [0.05, 0.1) is 6.54 Å². The van der Waals surface area contributed by atoms with Crippen molar-refractivity contribution in [3.63, 3.8) is 0 Å². The molecule has 0 aliphatic carbocycles. The van der Waals surface area contributed by atoms with Crippen LogP contribution in [0.5, 0.6) is 0 Å². The lowest BCUT2D eigenvalue weighted by molar-refractivity contribution is 0.316. The van der Waals surface area contributed by atoms with Gasteiger partial charge in [-0.1, -0.05) is 11.3 Å². The zero-order valence-corrected chi connectivity index (χ0v) is 9.39. The molecule has 78 valence electrons. The second-order valence-electron chi connectivity index (χ2n) is 3.57. The first-order chi connectivity index (χ1) is 6.78. The normalized spacial score (nSPS) is 23.1. The number of rotatable bonds is 3. The Morgan fingerprint density at radius 2 is 2.43 bits per heavy atom. The van der Waals surface area contributed by atoms with Crippen molar-refractivity contribution in [1.29, 1.82) is 0 Å². The summed E-state index contributed by atoms with van der Waals surface area (Å²) in [5, 5.41) is 8.77. The van der Waals surface area contributed by atoms with Crippen molar-refractivity contribution in [2.45, 2.75) is 13.0 Å². The third-order valence-electron chi connectivity index (χ3n) is 2.50. The van der Waals surface area contributed by atoms with Crippen LogP contribution >= 0.6 is 22.9 Å².